The second-order valence-corrected chi connectivity index (χ2v) is 4.62. The molecule has 0 radical (unpaired) electrons. The normalized spacial score (nSPS) is 22.5. The third-order valence-electron chi connectivity index (χ3n) is 3.33. The van der Waals surface area contributed by atoms with Gasteiger partial charge in [-0.1, -0.05) is 6.42 Å². The summed E-state index contributed by atoms with van der Waals surface area (Å²) in [6, 6.07) is 2.10. The van der Waals surface area contributed by atoms with Crippen LogP contribution in [0.1, 0.15) is 36.5 Å². The minimum atomic E-state index is -0.908. The Hall–Kier alpha value is -1.00. The van der Waals surface area contributed by atoms with Crippen molar-refractivity contribution in [2.24, 2.45) is 0 Å². The maximum atomic E-state index is 13.6. The molecule has 0 bridgehead atoms. The highest BCUT2D eigenvalue weighted by molar-refractivity contribution is 5.28. The first-order chi connectivity index (χ1) is 8.09. The molecule has 2 nitrogen and oxygen atoms in total. The molecule has 1 fully saturated rings. The van der Waals surface area contributed by atoms with Crippen LogP contribution in [0.4, 0.5) is 8.78 Å². The van der Waals surface area contributed by atoms with Crippen molar-refractivity contribution in [3.63, 3.8) is 0 Å². The number of aliphatic hydroxyl groups excluding tert-OH is 1. The molecule has 0 saturated carbocycles. The monoisotopic (exact) mass is 241 g/mol. The second kappa shape index (κ2) is 5.10. The molecule has 1 saturated heterocycles. The van der Waals surface area contributed by atoms with E-state index in [4.69, 9.17) is 0 Å². The zero-order chi connectivity index (χ0) is 12.4. The second-order valence-electron chi connectivity index (χ2n) is 4.62. The van der Waals surface area contributed by atoms with E-state index in [1.54, 1.807) is 6.92 Å². The Bertz CT molecular complexity index is 403. The quantitative estimate of drug-likeness (QED) is 0.833. The summed E-state index contributed by atoms with van der Waals surface area (Å²) < 4.78 is 26.7. The maximum absolute atomic E-state index is 13.6. The van der Waals surface area contributed by atoms with Gasteiger partial charge in [-0.05, 0) is 37.9 Å². The predicted octanol–water partition coefficient (Wildman–Crippen LogP) is 2.45. The van der Waals surface area contributed by atoms with Crippen LogP contribution in [0.5, 0.6) is 0 Å². The summed E-state index contributed by atoms with van der Waals surface area (Å²) in [6.07, 6.45) is 2.01. The summed E-state index contributed by atoms with van der Waals surface area (Å²) >= 11 is 0. The first-order valence-electron chi connectivity index (χ1n) is 5.96. The molecule has 2 atom stereocenters. The van der Waals surface area contributed by atoms with Gasteiger partial charge in [-0.3, -0.25) is 0 Å². The molecule has 0 aromatic heterocycles. The highest BCUT2D eigenvalue weighted by atomic mass is 19.1. The molecule has 1 aromatic carbocycles. The molecule has 2 unspecified atom stereocenters. The Labute approximate surface area is 99.7 Å². The van der Waals surface area contributed by atoms with Gasteiger partial charge in [0.2, 0.25) is 0 Å². The van der Waals surface area contributed by atoms with E-state index >= 15 is 0 Å². The van der Waals surface area contributed by atoms with Gasteiger partial charge in [0.05, 0.1) is 6.10 Å². The predicted molar refractivity (Wildman–Crippen MR) is 61.7 cm³/mol. The van der Waals surface area contributed by atoms with Crippen molar-refractivity contribution in [2.45, 2.75) is 38.3 Å². The highest BCUT2D eigenvalue weighted by Gasteiger charge is 2.25. The van der Waals surface area contributed by atoms with Crippen molar-refractivity contribution in [2.75, 3.05) is 6.54 Å². The van der Waals surface area contributed by atoms with Gasteiger partial charge < -0.3 is 10.4 Å². The largest absolute Gasteiger partial charge is 0.387 e. The van der Waals surface area contributed by atoms with Crippen LogP contribution in [0.25, 0.3) is 0 Å². The Morgan fingerprint density at radius 3 is 2.71 bits per heavy atom. The van der Waals surface area contributed by atoms with Gasteiger partial charge in [-0.15, -0.1) is 0 Å². The zero-order valence-corrected chi connectivity index (χ0v) is 9.84. The SMILES string of the molecule is Cc1cc(C(O)C2CCCCN2)c(F)cc1F. The van der Waals surface area contributed by atoms with Crippen molar-refractivity contribution < 1.29 is 13.9 Å². The van der Waals surface area contributed by atoms with Crippen LogP contribution in [0.15, 0.2) is 12.1 Å². The van der Waals surface area contributed by atoms with Crippen LogP contribution < -0.4 is 5.32 Å². The van der Waals surface area contributed by atoms with E-state index in [1.165, 1.54) is 6.07 Å². The number of hydrogen-bond acceptors (Lipinski definition) is 2. The lowest BCUT2D eigenvalue weighted by Crippen LogP contribution is -2.39. The van der Waals surface area contributed by atoms with E-state index in [-0.39, 0.29) is 11.6 Å². The summed E-state index contributed by atoms with van der Waals surface area (Å²) in [5.41, 5.74) is 0.541. The van der Waals surface area contributed by atoms with Crippen molar-refractivity contribution in [1.82, 2.24) is 5.32 Å². The molecule has 0 spiro atoms. The molecule has 1 aliphatic rings. The van der Waals surface area contributed by atoms with Crippen LogP contribution in [0, 0.1) is 18.6 Å². The number of benzene rings is 1. The number of rotatable bonds is 2. The Morgan fingerprint density at radius 1 is 1.29 bits per heavy atom. The first kappa shape index (κ1) is 12.5. The number of halogens is 2. The summed E-state index contributed by atoms with van der Waals surface area (Å²) in [6.45, 7) is 2.41. The summed E-state index contributed by atoms with van der Waals surface area (Å²) in [5.74, 6) is -1.25. The Morgan fingerprint density at radius 2 is 2.06 bits per heavy atom. The van der Waals surface area contributed by atoms with E-state index in [0.29, 0.717) is 5.56 Å². The van der Waals surface area contributed by atoms with Gasteiger partial charge in [0.25, 0.3) is 0 Å². The summed E-state index contributed by atoms with van der Waals surface area (Å²) in [7, 11) is 0. The van der Waals surface area contributed by atoms with Crippen molar-refractivity contribution in [3.8, 4) is 0 Å². The van der Waals surface area contributed by atoms with Crippen LogP contribution in [-0.4, -0.2) is 17.7 Å². The third kappa shape index (κ3) is 2.64. The third-order valence-corrected chi connectivity index (χ3v) is 3.33. The lowest BCUT2D eigenvalue weighted by Gasteiger charge is -2.28. The van der Waals surface area contributed by atoms with E-state index in [2.05, 4.69) is 5.32 Å². The van der Waals surface area contributed by atoms with Gasteiger partial charge >= 0.3 is 0 Å². The van der Waals surface area contributed by atoms with Gasteiger partial charge in [-0.25, -0.2) is 8.78 Å². The molecule has 1 aromatic rings. The molecule has 0 amide bonds. The van der Waals surface area contributed by atoms with Crippen LogP contribution in [0.2, 0.25) is 0 Å². The molecule has 1 aliphatic heterocycles. The molecular formula is C13H17F2NO. The van der Waals surface area contributed by atoms with Crippen LogP contribution >= 0.6 is 0 Å². The molecule has 0 aliphatic carbocycles. The average molecular weight is 241 g/mol. The van der Waals surface area contributed by atoms with E-state index in [1.807, 2.05) is 0 Å². The number of nitrogens with one attached hydrogen (secondary N) is 1. The minimum Gasteiger partial charge on any atom is -0.387 e. The standard InChI is InChI=1S/C13H17F2NO/c1-8-6-9(11(15)7-10(8)14)13(17)12-4-2-3-5-16-12/h6-7,12-13,16-17H,2-5H2,1H3. The molecular weight excluding hydrogens is 224 g/mol. The smallest absolute Gasteiger partial charge is 0.131 e. The molecule has 2 N–H and O–H groups in total. The van der Waals surface area contributed by atoms with Crippen LogP contribution in [-0.2, 0) is 0 Å². The van der Waals surface area contributed by atoms with Crippen LogP contribution in [0.3, 0.4) is 0 Å². The van der Waals surface area contributed by atoms with Gasteiger partial charge in [0.1, 0.15) is 11.6 Å². The summed E-state index contributed by atoms with van der Waals surface area (Å²) in [4.78, 5) is 0. The van der Waals surface area contributed by atoms with Gasteiger partial charge in [-0.2, -0.15) is 0 Å². The maximum Gasteiger partial charge on any atom is 0.131 e. The fourth-order valence-electron chi connectivity index (χ4n) is 2.27. The van der Waals surface area contributed by atoms with E-state index < -0.39 is 17.7 Å². The number of aryl methyl sites for hydroxylation is 1. The zero-order valence-electron chi connectivity index (χ0n) is 9.84. The van der Waals surface area contributed by atoms with Crippen molar-refractivity contribution in [1.29, 1.82) is 0 Å². The lowest BCUT2D eigenvalue weighted by molar-refractivity contribution is 0.110. The fourth-order valence-corrected chi connectivity index (χ4v) is 2.27. The Balaban J connectivity index is 2.23. The van der Waals surface area contributed by atoms with Gasteiger partial charge in [0.15, 0.2) is 0 Å². The minimum absolute atomic E-state index is 0.136. The molecule has 94 valence electrons. The summed E-state index contributed by atoms with van der Waals surface area (Å²) in [5, 5.41) is 13.3. The molecule has 2 rings (SSSR count). The highest BCUT2D eigenvalue weighted by Crippen LogP contribution is 2.26. The number of aliphatic hydroxyl groups is 1. The van der Waals surface area contributed by atoms with Gasteiger partial charge in [0, 0.05) is 17.7 Å². The lowest BCUT2D eigenvalue weighted by atomic mass is 9.94. The molecule has 17 heavy (non-hydrogen) atoms. The van der Waals surface area contributed by atoms with E-state index in [9.17, 15) is 13.9 Å². The topological polar surface area (TPSA) is 32.3 Å². The first-order valence-corrected chi connectivity index (χ1v) is 5.96. The van der Waals surface area contributed by atoms with E-state index in [0.717, 1.165) is 31.9 Å². The molecule has 1 heterocycles. The molecule has 4 heteroatoms. The Kier molecular flexibility index (Phi) is 3.74. The number of hydrogen-bond donors (Lipinski definition) is 2. The van der Waals surface area contributed by atoms with Crippen molar-refractivity contribution in [3.05, 3.63) is 34.9 Å². The number of piperidine rings is 1. The average Bonchev–Trinajstić information content (AvgIpc) is 2.34. The van der Waals surface area contributed by atoms with Crippen molar-refractivity contribution >= 4 is 0 Å². The fraction of sp³-hybridized carbons (Fsp3) is 0.538.